The maximum atomic E-state index is 2.47. The smallest absolute Gasteiger partial charge is 0.0640 e. The molecule has 8 aromatic carbocycles. The molecule has 10 aromatic rings. The molecular weight excluding hydrogens is 631 g/mol. The molecule has 230 valence electrons. The van der Waals surface area contributed by atoms with Gasteiger partial charge in [-0.3, -0.25) is 0 Å². The molecule has 0 radical (unpaired) electrons. The van der Waals surface area contributed by atoms with E-state index in [0.717, 1.165) is 11.4 Å². The molecule has 0 aliphatic heterocycles. The number of hydrogen-bond acceptors (Lipinski definition) is 3. The summed E-state index contributed by atoms with van der Waals surface area (Å²) in [6.07, 6.45) is 0. The van der Waals surface area contributed by atoms with Gasteiger partial charge in [-0.2, -0.15) is 0 Å². The maximum absolute atomic E-state index is 2.47. The molecule has 2 aromatic heterocycles. The molecule has 0 spiro atoms. The van der Waals surface area contributed by atoms with Gasteiger partial charge >= 0.3 is 0 Å². The van der Waals surface area contributed by atoms with E-state index in [0.29, 0.717) is 0 Å². The van der Waals surface area contributed by atoms with Crippen molar-refractivity contribution in [3.63, 3.8) is 0 Å². The highest BCUT2D eigenvalue weighted by Crippen LogP contribution is 2.48. The quantitative estimate of drug-likeness (QED) is 0.178. The summed E-state index contributed by atoms with van der Waals surface area (Å²) in [5, 5.41) is 7.65. The highest BCUT2D eigenvalue weighted by atomic mass is 32.1. The third kappa shape index (κ3) is 4.74. The average molecular weight is 660 g/mol. The van der Waals surface area contributed by atoms with Crippen molar-refractivity contribution >= 4 is 90.9 Å². The zero-order chi connectivity index (χ0) is 32.3. The second-order valence-corrected chi connectivity index (χ2v) is 14.6. The Morgan fingerprint density at radius 1 is 0.347 bits per heavy atom. The van der Waals surface area contributed by atoms with Gasteiger partial charge in [0.05, 0.1) is 10.4 Å². The molecule has 0 saturated carbocycles. The van der Waals surface area contributed by atoms with Gasteiger partial charge in [0.2, 0.25) is 0 Å². The van der Waals surface area contributed by atoms with Gasteiger partial charge in [-0.15, -0.1) is 22.7 Å². The molecular formula is C46H29NS2. The zero-order valence-corrected chi connectivity index (χ0v) is 28.1. The molecule has 0 aliphatic carbocycles. The summed E-state index contributed by atoms with van der Waals surface area (Å²) in [5.41, 5.74) is 8.49. The van der Waals surface area contributed by atoms with Crippen molar-refractivity contribution in [3.05, 3.63) is 176 Å². The minimum atomic E-state index is 1.15. The Hall–Kier alpha value is -5.74. The van der Waals surface area contributed by atoms with Gasteiger partial charge in [0, 0.05) is 47.0 Å². The fourth-order valence-corrected chi connectivity index (χ4v) is 9.72. The van der Waals surface area contributed by atoms with Crippen LogP contribution >= 0.6 is 22.7 Å². The lowest BCUT2D eigenvalue weighted by molar-refractivity contribution is 1.32. The Kier molecular flexibility index (Phi) is 6.61. The summed E-state index contributed by atoms with van der Waals surface area (Å²) in [4.78, 5) is 2.47. The Bertz CT molecular complexity index is 2830. The van der Waals surface area contributed by atoms with E-state index in [9.17, 15) is 0 Å². The van der Waals surface area contributed by atoms with Crippen LogP contribution in [0, 0.1) is 0 Å². The number of hydrogen-bond donors (Lipinski definition) is 0. The van der Waals surface area contributed by atoms with Crippen molar-refractivity contribution in [1.29, 1.82) is 0 Å². The molecule has 0 N–H and O–H groups in total. The van der Waals surface area contributed by atoms with E-state index in [1.807, 2.05) is 22.7 Å². The minimum absolute atomic E-state index is 1.15. The minimum Gasteiger partial charge on any atom is -0.309 e. The standard InChI is InChI=1S/C46H29NS2/c1-3-11-30(12-4-1)32-21-22-34-28-35(24-23-33(34)27-32)47(36-25-26-44-41(29-36)38-15-7-8-20-43(38)48-44)42-19-10-18-40-39-17-9-16-37(45(39)49-46(40)42)31-13-5-2-6-14-31/h1-29H. The number of rotatable bonds is 5. The lowest BCUT2D eigenvalue weighted by Gasteiger charge is -2.26. The van der Waals surface area contributed by atoms with Crippen LogP contribution in [0.5, 0.6) is 0 Å². The molecule has 0 aliphatic rings. The van der Waals surface area contributed by atoms with Crippen LogP contribution in [0.4, 0.5) is 17.1 Å². The van der Waals surface area contributed by atoms with Crippen molar-refractivity contribution in [1.82, 2.24) is 0 Å². The van der Waals surface area contributed by atoms with Crippen LogP contribution < -0.4 is 4.90 Å². The highest BCUT2D eigenvalue weighted by molar-refractivity contribution is 7.27. The zero-order valence-electron chi connectivity index (χ0n) is 26.5. The summed E-state index contributed by atoms with van der Waals surface area (Å²) in [5.74, 6) is 0. The van der Waals surface area contributed by atoms with Crippen molar-refractivity contribution in [2.24, 2.45) is 0 Å². The summed E-state index contributed by atoms with van der Waals surface area (Å²) in [6.45, 7) is 0. The first-order valence-electron chi connectivity index (χ1n) is 16.6. The Morgan fingerprint density at radius 3 is 1.84 bits per heavy atom. The van der Waals surface area contributed by atoms with Crippen LogP contribution in [0.15, 0.2) is 176 Å². The van der Waals surface area contributed by atoms with E-state index < -0.39 is 0 Å². The highest BCUT2D eigenvalue weighted by Gasteiger charge is 2.20. The van der Waals surface area contributed by atoms with Crippen LogP contribution in [-0.2, 0) is 0 Å². The lowest BCUT2D eigenvalue weighted by Crippen LogP contribution is -2.10. The fraction of sp³-hybridized carbons (Fsp3) is 0. The van der Waals surface area contributed by atoms with Gasteiger partial charge in [0.25, 0.3) is 0 Å². The lowest BCUT2D eigenvalue weighted by atomic mass is 10.0. The van der Waals surface area contributed by atoms with Gasteiger partial charge in [0.15, 0.2) is 0 Å². The topological polar surface area (TPSA) is 3.24 Å². The molecule has 10 rings (SSSR count). The molecule has 3 heteroatoms. The van der Waals surface area contributed by atoms with Gasteiger partial charge in [-0.25, -0.2) is 0 Å². The van der Waals surface area contributed by atoms with Crippen LogP contribution in [0.25, 0.3) is 73.4 Å². The Labute approximate surface area is 292 Å². The second kappa shape index (κ2) is 11.5. The summed E-state index contributed by atoms with van der Waals surface area (Å²) < 4.78 is 5.24. The molecule has 2 heterocycles. The first-order chi connectivity index (χ1) is 24.3. The predicted molar refractivity (Wildman–Crippen MR) is 215 cm³/mol. The molecule has 0 atom stereocenters. The van der Waals surface area contributed by atoms with Crippen LogP contribution in [-0.4, -0.2) is 0 Å². The monoisotopic (exact) mass is 659 g/mol. The maximum Gasteiger partial charge on any atom is 0.0640 e. The normalized spacial score (nSPS) is 11.7. The SMILES string of the molecule is c1ccc(-c2ccc3cc(N(c4ccc5sc6ccccc6c5c4)c4cccc5c4sc4c(-c6ccccc6)cccc45)ccc3c2)cc1. The average Bonchev–Trinajstić information content (AvgIpc) is 3.74. The molecule has 0 bridgehead atoms. The number of benzene rings is 8. The summed E-state index contributed by atoms with van der Waals surface area (Å²) in [6, 6.07) is 64.4. The van der Waals surface area contributed by atoms with Crippen molar-refractivity contribution in [2.75, 3.05) is 4.90 Å². The Morgan fingerprint density at radius 2 is 0.980 bits per heavy atom. The van der Waals surface area contributed by atoms with Crippen molar-refractivity contribution < 1.29 is 0 Å². The van der Waals surface area contributed by atoms with Gasteiger partial charge < -0.3 is 4.90 Å². The van der Waals surface area contributed by atoms with Gasteiger partial charge in [-0.1, -0.05) is 127 Å². The van der Waals surface area contributed by atoms with E-state index in [-0.39, 0.29) is 0 Å². The Balaban J connectivity index is 1.21. The molecule has 0 fully saturated rings. The van der Waals surface area contributed by atoms with Crippen LogP contribution in [0.3, 0.4) is 0 Å². The van der Waals surface area contributed by atoms with E-state index in [1.54, 1.807) is 0 Å². The summed E-state index contributed by atoms with van der Waals surface area (Å²) in [7, 11) is 0. The predicted octanol–water partition coefficient (Wildman–Crippen LogP) is 14.4. The van der Waals surface area contributed by atoms with Crippen molar-refractivity contribution in [2.45, 2.75) is 0 Å². The van der Waals surface area contributed by atoms with Crippen LogP contribution in [0.1, 0.15) is 0 Å². The van der Waals surface area contributed by atoms with Gasteiger partial charge in [0.1, 0.15) is 0 Å². The number of fused-ring (bicyclic) bond motifs is 7. The van der Waals surface area contributed by atoms with Crippen LogP contribution in [0.2, 0.25) is 0 Å². The number of nitrogens with zero attached hydrogens (tertiary/aromatic N) is 1. The second-order valence-electron chi connectivity index (χ2n) is 12.5. The third-order valence-corrected chi connectivity index (χ3v) is 12.1. The largest absolute Gasteiger partial charge is 0.309 e. The van der Waals surface area contributed by atoms with E-state index in [1.165, 1.54) is 79.1 Å². The van der Waals surface area contributed by atoms with E-state index in [4.69, 9.17) is 0 Å². The van der Waals surface area contributed by atoms with Crippen molar-refractivity contribution in [3.8, 4) is 22.3 Å². The number of thiophene rings is 2. The molecule has 0 unspecified atom stereocenters. The van der Waals surface area contributed by atoms with E-state index in [2.05, 4.69) is 181 Å². The fourth-order valence-electron chi connectivity index (χ4n) is 7.29. The van der Waals surface area contributed by atoms with E-state index >= 15 is 0 Å². The molecule has 0 saturated heterocycles. The summed E-state index contributed by atoms with van der Waals surface area (Å²) >= 11 is 3.76. The first kappa shape index (κ1) is 28.3. The third-order valence-electron chi connectivity index (χ3n) is 9.64. The molecule has 49 heavy (non-hydrogen) atoms. The first-order valence-corrected chi connectivity index (χ1v) is 18.2. The molecule has 0 amide bonds. The number of anilines is 3. The molecule has 1 nitrogen and oxygen atoms in total. The van der Waals surface area contributed by atoms with Gasteiger partial charge in [-0.05, 0) is 81.6 Å².